The standard InChI is InChI=1S/C40H38NOP/c1-29(31-16-7-4-8-17-31)41(28-30-14-5-3-6-15-30)43(2)42-38-27-25-34-19-10-12-23-36(34)40(38)39-35-22-11-9-18-33(35)24-26-37(39)32-20-13-21-32/h3-12,14-19,22-27,29,32H,13,20-21,28H2,1-2H3. The first kappa shape index (κ1) is 27.8. The minimum atomic E-state index is -0.993. The van der Waals surface area contributed by atoms with Crippen LogP contribution in [0.4, 0.5) is 0 Å². The lowest BCUT2D eigenvalue weighted by Crippen LogP contribution is -2.23. The second-order valence-electron chi connectivity index (χ2n) is 11.8. The molecule has 7 rings (SSSR count). The summed E-state index contributed by atoms with van der Waals surface area (Å²) in [6.45, 7) is 5.40. The molecule has 0 bridgehead atoms. The summed E-state index contributed by atoms with van der Waals surface area (Å²) in [7, 11) is -0.993. The fraction of sp³-hybridized carbons (Fsp3) is 0.200. The van der Waals surface area contributed by atoms with Crippen molar-refractivity contribution in [1.82, 2.24) is 4.67 Å². The molecule has 0 aliphatic heterocycles. The van der Waals surface area contributed by atoms with Gasteiger partial charge in [0.1, 0.15) is 5.75 Å². The highest BCUT2D eigenvalue weighted by atomic mass is 31.2. The predicted octanol–water partition coefficient (Wildman–Crippen LogP) is 11.5. The van der Waals surface area contributed by atoms with E-state index in [-0.39, 0.29) is 6.04 Å². The van der Waals surface area contributed by atoms with Crippen LogP contribution in [0.2, 0.25) is 0 Å². The van der Waals surface area contributed by atoms with Gasteiger partial charge in [-0.3, -0.25) is 0 Å². The Morgan fingerprint density at radius 1 is 0.674 bits per heavy atom. The average molecular weight is 580 g/mol. The van der Waals surface area contributed by atoms with Gasteiger partial charge in [-0.05, 0) is 75.5 Å². The second-order valence-corrected chi connectivity index (χ2v) is 13.4. The maximum atomic E-state index is 7.21. The summed E-state index contributed by atoms with van der Waals surface area (Å²) >= 11 is 0. The molecule has 1 aliphatic rings. The highest BCUT2D eigenvalue weighted by Gasteiger charge is 2.29. The van der Waals surface area contributed by atoms with Gasteiger partial charge in [0.2, 0.25) is 0 Å². The first-order chi connectivity index (χ1) is 21.2. The fourth-order valence-corrected chi connectivity index (χ4v) is 8.09. The van der Waals surface area contributed by atoms with Gasteiger partial charge in [0, 0.05) is 24.8 Å². The number of benzene rings is 6. The Hall–Kier alpha value is -3.97. The Kier molecular flexibility index (Phi) is 7.98. The molecule has 0 spiro atoms. The van der Waals surface area contributed by atoms with Crippen molar-refractivity contribution in [3.8, 4) is 16.9 Å². The van der Waals surface area contributed by atoms with Gasteiger partial charge < -0.3 is 4.52 Å². The highest BCUT2D eigenvalue weighted by molar-refractivity contribution is 7.49. The van der Waals surface area contributed by atoms with Crippen molar-refractivity contribution in [2.75, 3.05) is 6.66 Å². The van der Waals surface area contributed by atoms with Crippen LogP contribution >= 0.6 is 8.30 Å². The Morgan fingerprint density at radius 3 is 1.91 bits per heavy atom. The summed E-state index contributed by atoms with van der Waals surface area (Å²) in [6.07, 6.45) is 3.82. The Morgan fingerprint density at radius 2 is 1.26 bits per heavy atom. The Bertz CT molecular complexity index is 1850. The second kappa shape index (κ2) is 12.3. The van der Waals surface area contributed by atoms with Gasteiger partial charge in [-0.2, -0.15) is 0 Å². The van der Waals surface area contributed by atoms with Crippen LogP contribution in [0, 0.1) is 0 Å². The van der Waals surface area contributed by atoms with Gasteiger partial charge in [-0.15, -0.1) is 0 Å². The summed E-state index contributed by atoms with van der Waals surface area (Å²) in [6, 6.07) is 48.6. The lowest BCUT2D eigenvalue weighted by atomic mass is 9.75. The van der Waals surface area contributed by atoms with Gasteiger partial charge in [0.05, 0.1) is 0 Å². The van der Waals surface area contributed by atoms with Crippen LogP contribution in [0.15, 0.2) is 133 Å². The zero-order chi connectivity index (χ0) is 29.2. The van der Waals surface area contributed by atoms with E-state index in [0.717, 1.165) is 12.3 Å². The minimum absolute atomic E-state index is 0.199. The summed E-state index contributed by atoms with van der Waals surface area (Å²) in [4.78, 5) is 0. The van der Waals surface area contributed by atoms with E-state index < -0.39 is 8.30 Å². The maximum Gasteiger partial charge on any atom is 0.161 e. The summed E-state index contributed by atoms with van der Waals surface area (Å²) < 4.78 is 9.75. The molecule has 1 saturated carbocycles. The Labute approximate surface area is 256 Å². The third-order valence-electron chi connectivity index (χ3n) is 9.16. The Balaban J connectivity index is 1.37. The summed E-state index contributed by atoms with van der Waals surface area (Å²) in [5, 5.41) is 5.09. The van der Waals surface area contributed by atoms with Crippen LogP contribution in [-0.4, -0.2) is 11.3 Å². The molecule has 0 radical (unpaired) electrons. The van der Waals surface area contributed by atoms with E-state index in [1.54, 1.807) is 0 Å². The van der Waals surface area contributed by atoms with Crippen LogP contribution in [0.25, 0.3) is 32.7 Å². The van der Waals surface area contributed by atoms with Crippen molar-refractivity contribution in [1.29, 1.82) is 0 Å². The molecule has 6 aromatic carbocycles. The lowest BCUT2D eigenvalue weighted by molar-refractivity contribution is 0.336. The summed E-state index contributed by atoms with van der Waals surface area (Å²) in [5.74, 6) is 1.57. The quantitative estimate of drug-likeness (QED) is 0.158. The highest BCUT2D eigenvalue weighted by Crippen LogP contribution is 2.52. The van der Waals surface area contributed by atoms with E-state index >= 15 is 0 Å². The zero-order valence-electron chi connectivity index (χ0n) is 25.0. The number of rotatable bonds is 9. The largest absolute Gasteiger partial charge is 0.458 e. The molecular formula is C40H38NOP. The van der Waals surface area contributed by atoms with E-state index in [0.29, 0.717) is 5.92 Å². The SMILES string of the molecule is CC(c1ccccc1)N(Cc1ccccc1)P(C)Oc1ccc2ccccc2c1-c1c(C2CCC2)ccc2ccccc12. The molecule has 0 saturated heterocycles. The monoisotopic (exact) mass is 579 g/mol. The predicted molar refractivity (Wildman–Crippen MR) is 184 cm³/mol. The van der Waals surface area contributed by atoms with Crippen LogP contribution < -0.4 is 4.52 Å². The average Bonchev–Trinajstić information content (AvgIpc) is 3.03. The minimum Gasteiger partial charge on any atom is -0.458 e. The number of fused-ring (bicyclic) bond motifs is 2. The number of hydrogen-bond acceptors (Lipinski definition) is 2. The van der Waals surface area contributed by atoms with Crippen LogP contribution in [0.5, 0.6) is 5.75 Å². The molecule has 0 aromatic heterocycles. The normalized spacial score (nSPS) is 15.0. The molecule has 1 aliphatic carbocycles. The van der Waals surface area contributed by atoms with Crippen molar-refractivity contribution < 1.29 is 4.52 Å². The van der Waals surface area contributed by atoms with Crippen molar-refractivity contribution in [2.24, 2.45) is 0 Å². The first-order valence-corrected chi connectivity index (χ1v) is 17.1. The van der Waals surface area contributed by atoms with Crippen molar-refractivity contribution in [2.45, 2.75) is 44.7 Å². The third kappa shape index (κ3) is 5.58. The van der Waals surface area contributed by atoms with Crippen molar-refractivity contribution in [3.63, 3.8) is 0 Å². The topological polar surface area (TPSA) is 12.5 Å². The molecule has 0 amide bonds. The van der Waals surface area contributed by atoms with Gasteiger partial charge in [0.25, 0.3) is 0 Å². The van der Waals surface area contributed by atoms with E-state index in [9.17, 15) is 0 Å². The molecule has 2 unspecified atom stereocenters. The molecule has 6 aromatic rings. The lowest BCUT2D eigenvalue weighted by Gasteiger charge is -2.35. The maximum absolute atomic E-state index is 7.21. The van der Waals surface area contributed by atoms with Crippen LogP contribution in [0.1, 0.15) is 54.8 Å². The van der Waals surface area contributed by atoms with Crippen LogP contribution in [0.3, 0.4) is 0 Å². The molecule has 2 atom stereocenters. The molecular weight excluding hydrogens is 541 g/mol. The first-order valence-electron chi connectivity index (χ1n) is 15.5. The molecule has 214 valence electrons. The molecule has 3 heteroatoms. The molecule has 1 fully saturated rings. The van der Waals surface area contributed by atoms with Gasteiger partial charge in [-0.25, -0.2) is 4.67 Å². The molecule has 0 N–H and O–H groups in total. The van der Waals surface area contributed by atoms with Gasteiger partial charge >= 0.3 is 0 Å². The van der Waals surface area contributed by atoms with Crippen molar-refractivity contribution >= 4 is 29.8 Å². The van der Waals surface area contributed by atoms with E-state index in [1.165, 1.54) is 68.6 Å². The smallest absolute Gasteiger partial charge is 0.161 e. The number of hydrogen-bond donors (Lipinski definition) is 0. The number of nitrogens with zero attached hydrogens (tertiary/aromatic N) is 1. The molecule has 0 heterocycles. The van der Waals surface area contributed by atoms with E-state index in [1.807, 2.05) is 0 Å². The van der Waals surface area contributed by atoms with Gasteiger partial charge in [0.15, 0.2) is 8.30 Å². The van der Waals surface area contributed by atoms with Crippen LogP contribution in [-0.2, 0) is 6.54 Å². The summed E-state index contributed by atoms with van der Waals surface area (Å²) in [5.41, 5.74) is 6.65. The molecule has 2 nitrogen and oxygen atoms in total. The van der Waals surface area contributed by atoms with E-state index in [2.05, 4.69) is 152 Å². The zero-order valence-corrected chi connectivity index (χ0v) is 25.9. The van der Waals surface area contributed by atoms with E-state index in [4.69, 9.17) is 4.52 Å². The third-order valence-corrected chi connectivity index (χ3v) is 10.8. The van der Waals surface area contributed by atoms with Crippen molar-refractivity contribution in [3.05, 3.63) is 150 Å². The van der Waals surface area contributed by atoms with Gasteiger partial charge in [-0.1, -0.05) is 134 Å². The fourth-order valence-electron chi connectivity index (χ4n) is 6.56. The molecule has 43 heavy (non-hydrogen) atoms.